The highest BCUT2D eigenvalue weighted by Gasteiger charge is 2.70. The predicted octanol–water partition coefficient (Wildman–Crippen LogP) is 1.67. The quantitative estimate of drug-likeness (QED) is 0.574. The highest BCUT2D eigenvalue weighted by molar-refractivity contribution is 6.35. The molecule has 0 saturated carbocycles. The van der Waals surface area contributed by atoms with Gasteiger partial charge in [0.1, 0.15) is 11.4 Å². The van der Waals surface area contributed by atoms with Gasteiger partial charge in [-0.1, -0.05) is 35.9 Å². The van der Waals surface area contributed by atoms with Gasteiger partial charge in [0, 0.05) is 18.0 Å². The number of anilines is 1. The molecular weight excluding hydrogens is 451 g/mol. The summed E-state index contributed by atoms with van der Waals surface area (Å²) in [6.07, 6.45) is 0.172. The zero-order chi connectivity index (χ0) is 23.5. The summed E-state index contributed by atoms with van der Waals surface area (Å²) < 4.78 is 13.3. The number of hydrogen-bond donors (Lipinski definition) is 3. The second kappa shape index (κ2) is 7.64. The molecule has 3 heterocycles. The van der Waals surface area contributed by atoms with Crippen molar-refractivity contribution in [1.29, 1.82) is 0 Å². The smallest absolute Gasteiger partial charge is 0.250 e. The summed E-state index contributed by atoms with van der Waals surface area (Å²) in [5.41, 5.74) is 5.28. The van der Waals surface area contributed by atoms with Crippen LogP contribution in [0.2, 0.25) is 5.02 Å². The topological polar surface area (TPSA) is 122 Å². The molecule has 8 nitrogen and oxygen atoms in total. The average molecular weight is 471 g/mol. The van der Waals surface area contributed by atoms with Crippen LogP contribution in [0.4, 0.5) is 10.1 Å². The second-order valence-corrected chi connectivity index (χ2v) is 8.98. The average Bonchev–Trinajstić information content (AvgIpc) is 3.35. The number of nitrogens with two attached hydrogens (primary N) is 1. The van der Waals surface area contributed by atoms with Crippen molar-refractivity contribution in [2.45, 2.75) is 31.0 Å². The minimum absolute atomic E-state index is 0.0135. The molecule has 170 valence electrons. The molecule has 2 aromatic carbocycles. The van der Waals surface area contributed by atoms with E-state index < -0.39 is 52.9 Å². The molecule has 2 unspecified atom stereocenters. The number of benzene rings is 2. The van der Waals surface area contributed by atoms with Crippen molar-refractivity contribution in [2.24, 2.45) is 17.6 Å². The highest BCUT2D eigenvalue weighted by atomic mass is 35.5. The van der Waals surface area contributed by atoms with E-state index in [2.05, 4.69) is 10.6 Å². The lowest BCUT2D eigenvalue weighted by Gasteiger charge is -2.29. The maximum absolute atomic E-state index is 13.6. The van der Waals surface area contributed by atoms with Gasteiger partial charge in [-0.15, -0.1) is 0 Å². The molecule has 0 bridgehead atoms. The van der Waals surface area contributed by atoms with E-state index in [0.717, 1.165) is 4.90 Å². The van der Waals surface area contributed by atoms with Crippen LogP contribution < -0.4 is 16.4 Å². The summed E-state index contributed by atoms with van der Waals surface area (Å²) in [6, 6.07) is 9.87. The van der Waals surface area contributed by atoms with E-state index in [1.54, 1.807) is 18.2 Å². The number of nitrogens with zero attached hydrogens (tertiary/aromatic N) is 1. The molecule has 2 fully saturated rings. The molecule has 1 spiro atoms. The Balaban J connectivity index is 1.58. The van der Waals surface area contributed by atoms with Gasteiger partial charge >= 0.3 is 0 Å². The van der Waals surface area contributed by atoms with E-state index in [1.807, 2.05) is 0 Å². The van der Waals surface area contributed by atoms with Crippen molar-refractivity contribution >= 4 is 40.9 Å². The summed E-state index contributed by atoms with van der Waals surface area (Å²) >= 11 is 6.30. The number of hydrogen-bond acceptors (Lipinski definition) is 5. The van der Waals surface area contributed by atoms with Crippen LogP contribution in [0.5, 0.6) is 0 Å². The van der Waals surface area contributed by atoms with Crippen LogP contribution in [0.15, 0.2) is 42.5 Å². The zero-order valence-corrected chi connectivity index (χ0v) is 18.1. The molecule has 0 aliphatic carbocycles. The number of imide groups is 1. The minimum Gasteiger partial charge on any atom is -0.370 e. The van der Waals surface area contributed by atoms with Gasteiger partial charge in [0.2, 0.25) is 23.6 Å². The molecule has 0 aromatic heterocycles. The number of primary amides is 1. The van der Waals surface area contributed by atoms with Crippen LogP contribution in [0, 0.1) is 17.7 Å². The van der Waals surface area contributed by atoms with Crippen molar-refractivity contribution in [3.8, 4) is 0 Å². The Morgan fingerprint density at radius 1 is 1.12 bits per heavy atom. The molecule has 2 saturated heterocycles. The first kappa shape index (κ1) is 21.5. The fourth-order valence-corrected chi connectivity index (χ4v) is 5.55. The van der Waals surface area contributed by atoms with E-state index in [9.17, 15) is 23.6 Å². The number of para-hydroxylation sites is 1. The van der Waals surface area contributed by atoms with Crippen LogP contribution in [0.25, 0.3) is 0 Å². The Bertz CT molecular complexity index is 1200. The molecule has 10 heteroatoms. The van der Waals surface area contributed by atoms with Crippen LogP contribution in [-0.4, -0.2) is 34.6 Å². The number of halogens is 2. The van der Waals surface area contributed by atoms with Crippen LogP contribution in [-0.2, 0) is 31.3 Å². The number of amides is 4. The Morgan fingerprint density at radius 2 is 1.85 bits per heavy atom. The van der Waals surface area contributed by atoms with Gasteiger partial charge in [0.05, 0.1) is 29.1 Å². The number of carbonyl (C=O) groups excluding carboxylic acids is 4. The third-order valence-corrected chi connectivity index (χ3v) is 7.06. The monoisotopic (exact) mass is 470 g/mol. The lowest BCUT2D eigenvalue weighted by Crippen LogP contribution is -2.53. The van der Waals surface area contributed by atoms with E-state index in [-0.39, 0.29) is 19.4 Å². The van der Waals surface area contributed by atoms with Gasteiger partial charge in [-0.25, -0.2) is 4.39 Å². The zero-order valence-electron chi connectivity index (χ0n) is 17.3. The molecule has 3 aliphatic heterocycles. The summed E-state index contributed by atoms with van der Waals surface area (Å²) in [7, 11) is 0. The Morgan fingerprint density at radius 3 is 2.55 bits per heavy atom. The largest absolute Gasteiger partial charge is 0.370 e. The molecule has 4 amide bonds. The summed E-state index contributed by atoms with van der Waals surface area (Å²) in [6.45, 7) is -0.0480. The maximum Gasteiger partial charge on any atom is 0.250 e. The Hall–Kier alpha value is -3.30. The van der Waals surface area contributed by atoms with Gasteiger partial charge in [-0.3, -0.25) is 29.4 Å². The van der Waals surface area contributed by atoms with Crippen LogP contribution >= 0.6 is 11.6 Å². The van der Waals surface area contributed by atoms with Crippen LogP contribution in [0.1, 0.15) is 24.0 Å². The molecule has 4 atom stereocenters. The second-order valence-electron chi connectivity index (χ2n) is 8.57. The predicted molar refractivity (Wildman–Crippen MR) is 116 cm³/mol. The highest BCUT2D eigenvalue weighted by Crippen LogP contribution is 2.54. The normalized spacial score (nSPS) is 27.8. The molecule has 2 aromatic rings. The fraction of sp³-hybridized carbons (Fsp3) is 0.304. The third kappa shape index (κ3) is 3.14. The van der Waals surface area contributed by atoms with E-state index in [0.29, 0.717) is 21.8 Å². The number of carbonyl (C=O) groups is 4. The van der Waals surface area contributed by atoms with Crippen molar-refractivity contribution < 1.29 is 23.6 Å². The van der Waals surface area contributed by atoms with E-state index >= 15 is 0 Å². The van der Waals surface area contributed by atoms with Crippen molar-refractivity contribution in [3.05, 3.63) is 64.4 Å². The standard InChI is InChI=1S/C23H20ClFN4O4/c24-14-3-1-2-13-19(14)27-22(33)23(13)18-17(15(28-23)8-9-16(26)30)20(31)29(21(18)32)10-11-4-6-12(25)7-5-11/h1-7,15,17-18,28H,8-10H2,(H2,26,30)(H,27,33)/t15?,17-,18+,23?/m1/s1. The fourth-order valence-electron chi connectivity index (χ4n) is 5.33. The number of likely N-dealkylation sites (tertiary alicyclic amines) is 1. The maximum atomic E-state index is 13.6. The summed E-state index contributed by atoms with van der Waals surface area (Å²) in [4.78, 5) is 53.0. The van der Waals surface area contributed by atoms with Crippen LogP contribution in [0.3, 0.4) is 0 Å². The lowest BCUT2D eigenvalue weighted by atomic mass is 9.76. The van der Waals surface area contributed by atoms with E-state index in [4.69, 9.17) is 17.3 Å². The number of rotatable bonds is 5. The first-order valence-electron chi connectivity index (χ1n) is 10.5. The third-order valence-electron chi connectivity index (χ3n) is 6.75. The SMILES string of the molecule is NC(=O)CCC1NC2(C(=O)Nc3c(Cl)cccc32)[C@@H]2C(=O)N(Cc3ccc(F)cc3)C(=O)[C@H]12. The Labute approximate surface area is 193 Å². The minimum atomic E-state index is -1.50. The molecule has 3 aliphatic rings. The first-order chi connectivity index (χ1) is 15.7. The number of fused-ring (bicyclic) bond motifs is 4. The number of nitrogens with one attached hydrogen (secondary N) is 2. The summed E-state index contributed by atoms with van der Waals surface area (Å²) in [5, 5.41) is 6.28. The molecular formula is C23H20ClFN4O4. The van der Waals surface area contributed by atoms with Crippen molar-refractivity contribution in [1.82, 2.24) is 10.2 Å². The lowest BCUT2D eigenvalue weighted by molar-refractivity contribution is -0.143. The van der Waals surface area contributed by atoms with Gasteiger partial charge in [0.15, 0.2) is 0 Å². The molecule has 4 N–H and O–H groups in total. The van der Waals surface area contributed by atoms with Gasteiger partial charge < -0.3 is 11.1 Å². The first-order valence-corrected chi connectivity index (χ1v) is 10.9. The Kier molecular flexibility index (Phi) is 4.98. The van der Waals surface area contributed by atoms with Gasteiger partial charge in [0.25, 0.3) is 0 Å². The molecule has 33 heavy (non-hydrogen) atoms. The summed E-state index contributed by atoms with van der Waals surface area (Å²) in [5.74, 6) is -4.31. The molecule has 0 radical (unpaired) electrons. The van der Waals surface area contributed by atoms with Gasteiger partial charge in [-0.05, 0) is 30.2 Å². The van der Waals surface area contributed by atoms with Crippen molar-refractivity contribution in [2.75, 3.05) is 5.32 Å². The van der Waals surface area contributed by atoms with Crippen molar-refractivity contribution in [3.63, 3.8) is 0 Å². The van der Waals surface area contributed by atoms with Gasteiger partial charge in [-0.2, -0.15) is 0 Å². The molecule has 5 rings (SSSR count). The van der Waals surface area contributed by atoms with E-state index in [1.165, 1.54) is 24.3 Å².